The molecule has 0 unspecified atom stereocenters. The second kappa shape index (κ2) is 7.44. The summed E-state index contributed by atoms with van der Waals surface area (Å²) >= 11 is 0. The molecule has 3 aromatic rings. The molecule has 0 aliphatic rings. The third-order valence-corrected chi connectivity index (χ3v) is 4.34. The Balaban J connectivity index is 1.86. The third kappa shape index (κ3) is 3.61. The summed E-state index contributed by atoms with van der Waals surface area (Å²) in [5.74, 6) is -0.215. The van der Waals surface area contributed by atoms with Gasteiger partial charge in [0.25, 0.3) is 5.91 Å². The first-order chi connectivity index (χ1) is 12.5. The van der Waals surface area contributed by atoms with Crippen molar-refractivity contribution in [2.45, 2.75) is 13.5 Å². The van der Waals surface area contributed by atoms with E-state index in [0.717, 1.165) is 11.3 Å². The molecule has 3 rings (SSSR count). The number of fused-ring (bicyclic) bond motifs is 1. The molecule has 0 atom stereocenters. The molecule has 2 aromatic carbocycles. The zero-order chi connectivity index (χ0) is 18.7. The first-order valence-electron chi connectivity index (χ1n) is 8.58. The lowest BCUT2D eigenvalue weighted by Gasteiger charge is -2.21. The van der Waals surface area contributed by atoms with Gasteiger partial charge >= 0.3 is 0 Å². The van der Waals surface area contributed by atoms with Crippen LogP contribution < -0.4 is 10.3 Å². The van der Waals surface area contributed by atoms with Crippen molar-refractivity contribution in [2.75, 3.05) is 25.5 Å². The maximum atomic E-state index is 12.8. The Bertz CT molecular complexity index is 974. The molecule has 0 aliphatic heterocycles. The first-order valence-corrected chi connectivity index (χ1v) is 8.58. The van der Waals surface area contributed by atoms with E-state index in [1.54, 1.807) is 29.2 Å². The largest absolute Gasteiger partial charge is 0.451 e. The molecule has 134 valence electrons. The quantitative estimate of drug-likeness (QED) is 0.706. The van der Waals surface area contributed by atoms with Crippen LogP contribution in [0.25, 0.3) is 11.0 Å². The van der Waals surface area contributed by atoms with Crippen molar-refractivity contribution in [3.8, 4) is 0 Å². The lowest BCUT2D eigenvalue weighted by atomic mass is 10.1. The summed E-state index contributed by atoms with van der Waals surface area (Å²) in [6.45, 7) is 2.88. The van der Waals surface area contributed by atoms with E-state index in [0.29, 0.717) is 24.1 Å². The molecule has 0 N–H and O–H groups in total. The molecule has 1 amide bonds. The normalized spacial score (nSPS) is 10.7. The number of rotatable bonds is 5. The predicted octanol–water partition coefficient (Wildman–Crippen LogP) is 3.52. The Hall–Kier alpha value is -3.08. The van der Waals surface area contributed by atoms with E-state index in [9.17, 15) is 9.59 Å². The summed E-state index contributed by atoms with van der Waals surface area (Å²) in [5.41, 5.74) is 2.34. The molecule has 5 nitrogen and oxygen atoms in total. The molecule has 5 heteroatoms. The molecule has 0 radical (unpaired) electrons. The monoisotopic (exact) mass is 350 g/mol. The van der Waals surface area contributed by atoms with Gasteiger partial charge in [-0.05, 0) is 36.8 Å². The average Bonchev–Trinajstić information content (AvgIpc) is 2.66. The van der Waals surface area contributed by atoms with Gasteiger partial charge in [-0.15, -0.1) is 0 Å². The number of amides is 1. The minimum atomic E-state index is -0.285. The van der Waals surface area contributed by atoms with Crippen LogP contribution in [0.4, 0.5) is 5.69 Å². The maximum Gasteiger partial charge on any atom is 0.290 e. The Morgan fingerprint density at radius 2 is 1.73 bits per heavy atom. The second-order valence-electron chi connectivity index (χ2n) is 6.35. The van der Waals surface area contributed by atoms with Crippen molar-refractivity contribution < 1.29 is 9.21 Å². The Morgan fingerprint density at radius 1 is 1.04 bits per heavy atom. The summed E-state index contributed by atoms with van der Waals surface area (Å²) in [7, 11) is 3.97. The number of benzene rings is 2. The minimum absolute atomic E-state index is 0.0699. The van der Waals surface area contributed by atoms with Crippen molar-refractivity contribution in [1.29, 1.82) is 0 Å². The van der Waals surface area contributed by atoms with Crippen molar-refractivity contribution in [1.82, 2.24) is 4.90 Å². The Labute approximate surface area is 152 Å². The lowest BCUT2D eigenvalue weighted by molar-refractivity contribution is 0.0721. The Kier molecular flexibility index (Phi) is 5.07. The standard InChI is InChI=1S/C21H22N2O3/c1-4-23(14-15-9-11-16(12-10-15)22(2)3)21(25)20-13-18(24)17-7-5-6-8-19(17)26-20/h5-13H,4,14H2,1-3H3. The number of anilines is 1. The molecule has 26 heavy (non-hydrogen) atoms. The van der Waals surface area contributed by atoms with Gasteiger partial charge < -0.3 is 14.2 Å². The van der Waals surface area contributed by atoms with Crippen LogP contribution in [-0.2, 0) is 6.54 Å². The van der Waals surface area contributed by atoms with E-state index in [1.165, 1.54) is 6.07 Å². The molecule has 1 heterocycles. The van der Waals surface area contributed by atoms with Crippen molar-refractivity contribution in [3.63, 3.8) is 0 Å². The number of carbonyl (C=O) groups is 1. The molecule has 1 aromatic heterocycles. The molecule has 0 bridgehead atoms. The van der Waals surface area contributed by atoms with Gasteiger partial charge in [-0.2, -0.15) is 0 Å². The highest BCUT2D eigenvalue weighted by molar-refractivity contribution is 5.93. The highest BCUT2D eigenvalue weighted by Crippen LogP contribution is 2.17. The third-order valence-electron chi connectivity index (χ3n) is 4.34. The molecular formula is C21H22N2O3. The average molecular weight is 350 g/mol. The highest BCUT2D eigenvalue weighted by Gasteiger charge is 2.19. The molecule has 0 aliphatic carbocycles. The van der Waals surface area contributed by atoms with Gasteiger partial charge in [0.1, 0.15) is 5.58 Å². The number of nitrogens with zero attached hydrogens (tertiary/aromatic N) is 2. The van der Waals surface area contributed by atoms with Crippen LogP contribution in [0.2, 0.25) is 0 Å². The summed E-state index contributed by atoms with van der Waals surface area (Å²) in [5, 5.41) is 0.478. The van der Waals surface area contributed by atoms with Gasteiger partial charge in [-0.3, -0.25) is 9.59 Å². The highest BCUT2D eigenvalue weighted by atomic mass is 16.3. The van der Waals surface area contributed by atoms with Crippen molar-refractivity contribution in [3.05, 3.63) is 76.1 Å². The van der Waals surface area contributed by atoms with Crippen LogP contribution in [-0.4, -0.2) is 31.4 Å². The van der Waals surface area contributed by atoms with Crippen LogP contribution in [0.15, 0.2) is 63.8 Å². The molecular weight excluding hydrogens is 328 g/mol. The Morgan fingerprint density at radius 3 is 2.38 bits per heavy atom. The fourth-order valence-electron chi connectivity index (χ4n) is 2.81. The lowest BCUT2D eigenvalue weighted by Crippen LogP contribution is -2.31. The number of hydrogen-bond donors (Lipinski definition) is 0. The maximum absolute atomic E-state index is 12.8. The molecule has 0 fully saturated rings. The fourth-order valence-corrected chi connectivity index (χ4v) is 2.81. The SMILES string of the molecule is CCN(Cc1ccc(N(C)C)cc1)C(=O)c1cc(=O)c2ccccc2o1. The zero-order valence-electron chi connectivity index (χ0n) is 15.2. The van der Waals surface area contributed by atoms with Gasteiger partial charge in [-0.1, -0.05) is 24.3 Å². The van der Waals surface area contributed by atoms with Crippen LogP contribution in [0, 0.1) is 0 Å². The van der Waals surface area contributed by atoms with E-state index in [1.807, 2.05) is 50.2 Å². The molecule has 0 saturated heterocycles. The van der Waals surface area contributed by atoms with Crippen molar-refractivity contribution in [2.24, 2.45) is 0 Å². The van der Waals surface area contributed by atoms with Crippen LogP contribution >= 0.6 is 0 Å². The predicted molar refractivity (Wildman–Crippen MR) is 104 cm³/mol. The minimum Gasteiger partial charge on any atom is -0.451 e. The topological polar surface area (TPSA) is 53.8 Å². The molecule has 0 saturated carbocycles. The smallest absolute Gasteiger partial charge is 0.290 e. The van der Waals surface area contributed by atoms with Gasteiger partial charge in [0, 0.05) is 38.9 Å². The summed E-state index contributed by atoms with van der Waals surface area (Å²) < 4.78 is 5.68. The number of para-hydroxylation sites is 1. The summed E-state index contributed by atoms with van der Waals surface area (Å²) in [6.07, 6.45) is 0. The van der Waals surface area contributed by atoms with Crippen LogP contribution in [0.5, 0.6) is 0 Å². The zero-order valence-corrected chi connectivity index (χ0v) is 15.2. The number of carbonyl (C=O) groups excluding carboxylic acids is 1. The van der Waals surface area contributed by atoms with E-state index < -0.39 is 0 Å². The summed E-state index contributed by atoms with van der Waals surface area (Å²) in [6, 6.07) is 16.3. The van der Waals surface area contributed by atoms with Gasteiger partial charge in [0.2, 0.25) is 0 Å². The van der Waals surface area contributed by atoms with E-state index in [-0.39, 0.29) is 17.1 Å². The van der Waals surface area contributed by atoms with Gasteiger partial charge in [0.05, 0.1) is 5.39 Å². The van der Waals surface area contributed by atoms with E-state index in [4.69, 9.17) is 4.42 Å². The van der Waals surface area contributed by atoms with Crippen LogP contribution in [0.1, 0.15) is 23.0 Å². The van der Waals surface area contributed by atoms with Gasteiger partial charge in [-0.25, -0.2) is 0 Å². The van der Waals surface area contributed by atoms with Crippen LogP contribution in [0.3, 0.4) is 0 Å². The molecule has 0 spiro atoms. The van der Waals surface area contributed by atoms with E-state index >= 15 is 0 Å². The first kappa shape index (κ1) is 17.7. The van der Waals surface area contributed by atoms with Crippen molar-refractivity contribution >= 4 is 22.6 Å². The fraction of sp³-hybridized carbons (Fsp3) is 0.238. The van der Waals surface area contributed by atoms with Gasteiger partial charge in [0.15, 0.2) is 11.2 Å². The number of hydrogen-bond acceptors (Lipinski definition) is 4. The summed E-state index contributed by atoms with van der Waals surface area (Å²) in [4.78, 5) is 28.8. The second-order valence-corrected chi connectivity index (χ2v) is 6.35. The van der Waals surface area contributed by atoms with E-state index in [2.05, 4.69) is 0 Å².